The number of anilines is 2. The number of carbonyl (C=O) groups excluding carboxylic acids is 2. The number of rotatable bonds is 4. The zero-order valence-corrected chi connectivity index (χ0v) is 19.2. The molecular formula is C21H22ClN3O4S2. The van der Waals surface area contributed by atoms with Crippen LogP contribution in [0.25, 0.3) is 0 Å². The number of thioether (sulfide) groups is 1. The third-order valence-corrected chi connectivity index (χ3v) is 8.31. The van der Waals surface area contributed by atoms with Gasteiger partial charge in [-0.05, 0) is 61.2 Å². The third kappa shape index (κ3) is 4.83. The van der Waals surface area contributed by atoms with Crippen LogP contribution < -0.4 is 10.0 Å². The number of nitrogens with one attached hydrogen (secondary N) is 2. The molecule has 1 atom stereocenters. The van der Waals surface area contributed by atoms with Gasteiger partial charge in [0.15, 0.2) is 5.25 Å². The number of hydrogen-bond donors (Lipinski definition) is 2. The summed E-state index contributed by atoms with van der Waals surface area (Å²) < 4.78 is 28.0. The van der Waals surface area contributed by atoms with E-state index in [-0.39, 0.29) is 10.8 Å². The number of halogens is 1. The molecule has 2 N–H and O–H groups in total. The summed E-state index contributed by atoms with van der Waals surface area (Å²) in [5, 5.41) is 2.34. The van der Waals surface area contributed by atoms with Crippen LogP contribution in [0.3, 0.4) is 0 Å². The maximum Gasteiger partial charge on any atom is 0.261 e. The van der Waals surface area contributed by atoms with Crippen molar-refractivity contribution in [3.63, 3.8) is 0 Å². The van der Waals surface area contributed by atoms with E-state index in [1.807, 2.05) is 0 Å². The van der Waals surface area contributed by atoms with Crippen molar-refractivity contribution in [3.05, 3.63) is 47.5 Å². The number of nitrogens with zero attached hydrogens (tertiary/aromatic N) is 1. The van der Waals surface area contributed by atoms with Gasteiger partial charge in [-0.1, -0.05) is 18.5 Å². The summed E-state index contributed by atoms with van der Waals surface area (Å²) in [6.07, 6.45) is 1.87. The summed E-state index contributed by atoms with van der Waals surface area (Å²) in [7, 11) is -3.86. The highest BCUT2D eigenvalue weighted by Gasteiger charge is 2.37. The quantitative estimate of drug-likeness (QED) is 0.650. The minimum absolute atomic E-state index is 0.0110. The van der Waals surface area contributed by atoms with Crippen LogP contribution in [0.15, 0.2) is 52.3 Å². The van der Waals surface area contributed by atoms with E-state index in [1.165, 1.54) is 12.1 Å². The Hall–Kier alpha value is -2.23. The largest absolute Gasteiger partial charge is 0.341 e. The van der Waals surface area contributed by atoms with Crippen LogP contribution >= 0.6 is 23.4 Å². The molecule has 7 nitrogen and oxygen atoms in total. The lowest BCUT2D eigenvalue weighted by Crippen LogP contribution is -2.47. The lowest BCUT2D eigenvalue weighted by Gasteiger charge is -2.33. The highest BCUT2D eigenvalue weighted by molar-refractivity contribution is 8.01. The Bertz CT molecular complexity index is 1110. The second-order valence-corrected chi connectivity index (χ2v) is 11.0. The van der Waals surface area contributed by atoms with Gasteiger partial charge in [-0.2, -0.15) is 0 Å². The molecule has 2 aliphatic rings. The molecule has 1 saturated heterocycles. The number of piperidine rings is 1. The zero-order chi connectivity index (χ0) is 22.2. The molecule has 0 radical (unpaired) electrons. The van der Waals surface area contributed by atoms with Crippen LogP contribution in [0, 0.1) is 5.92 Å². The number of sulfonamides is 1. The predicted octanol–water partition coefficient (Wildman–Crippen LogP) is 3.81. The van der Waals surface area contributed by atoms with Crippen molar-refractivity contribution < 1.29 is 18.0 Å². The average molecular weight is 480 g/mol. The van der Waals surface area contributed by atoms with Gasteiger partial charge in [0.05, 0.1) is 10.6 Å². The van der Waals surface area contributed by atoms with Gasteiger partial charge in [-0.25, -0.2) is 8.42 Å². The highest BCUT2D eigenvalue weighted by Crippen LogP contribution is 2.38. The van der Waals surface area contributed by atoms with E-state index in [4.69, 9.17) is 11.6 Å². The summed E-state index contributed by atoms with van der Waals surface area (Å²) in [5.41, 5.74) is 0.757. The fourth-order valence-corrected chi connectivity index (χ4v) is 5.81. The molecule has 0 aliphatic carbocycles. The summed E-state index contributed by atoms with van der Waals surface area (Å²) in [4.78, 5) is 27.9. The standard InChI is InChI=1S/C21H22ClN3O4S2/c1-13-8-10-25(11-9-13)21(27)19-20(26)23-17-12-16(6-7-18(17)30-19)31(28,29)24-15-4-2-14(22)3-5-15/h2-7,12-13,19,24H,8-11H2,1H3,(H,23,26)/t19-/m0/s1. The minimum Gasteiger partial charge on any atom is -0.341 e. The molecule has 2 aromatic carbocycles. The maximum atomic E-state index is 12.9. The van der Waals surface area contributed by atoms with Gasteiger partial charge in [0.1, 0.15) is 0 Å². The molecule has 164 valence electrons. The fraction of sp³-hybridized carbons (Fsp3) is 0.333. The first-order chi connectivity index (χ1) is 14.7. The van der Waals surface area contributed by atoms with Crippen molar-refractivity contribution in [1.82, 2.24) is 4.90 Å². The van der Waals surface area contributed by atoms with E-state index in [2.05, 4.69) is 17.0 Å². The van der Waals surface area contributed by atoms with Gasteiger partial charge in [0, 0.05) is 28.7 Å². The Kier molecular flexibility index (Phi) is 6.18. The molecule has 31 heavy (non-hydrogen) atoms. The van der Waals surface area contributed by atoms with Gasteiger partial charge in [0.2, 0.25) is 11.8 Å². The van der Waals surface area contributed by atoms with E-state index < -0.39 is 21.2 Å². The van der Waals surface area contributed by atoms with Crippen molar-refractivity contribution in [2.24, 2.45) is 5.92 Å². The first-order valence-electron chi connectivity index (χ1n) is 9.92. The topological polar surface area (TPSA) is 95.6 Å². The smallest absolute Gasteiger partial charge is 0.261 e. The Morgan fingerprint density at radius 3 is 2.52 bits per heavy atom. The molecule has 4 rings (SSSR count). The molecular weight excluding hydrogens is 458 g/mol. The highest BCUT2D eigenvalue weighted by atomic mass is 35.5. The van der Waals surface area contributed by atoms with Gasteiger partial charge < -0.3 is 10.2 Å². The Morgan fingerprint density at radius 1 is 1.16 bits per heavy atom. The molecule has 0 bridgehead atoms. The second-order valence-electron chi connectivity index (χ2n) is 7.77. The lowest BCUT2D eigenvalue weighted by atomic mass is 9.99. The Labute approximate surface area is 190 Å². The van der Waals surface area contributed by atoms with Crippen molar-refractivity contribution >= 4 is 56.6 Å². The number of fused-ring (bicyclic) bond motifs is 1. The van der Waals surface area contributed by atoms with E-state index in [9.17, 15) is 18.0 Å². The lowest BCUT2D eigenvalue weighted by molar-refractivity contribution is -0.135. The van der Waals surface area contributed by atoms with Crippen LogP contribution in [0.5, 0.6) is 0 Å². The minimum atomic E-state index is -3.86. The van der Waals surface area contributed by atoms with Crippen LogP contribution in [0.4, 0.5) is 11.4 Å². The van der Waals surface area contributed by atoms with Crippen LogP contribution in [0.2, 0.25) is 5.02 Å². The molecule has 1 fully saturated rings. The summed E-state index contributed by atoms with van der Waals surface area (Å²) >= 11 is 7.00. The van der Waals surface area contributed by atoms with E-state index >= 15 is 0 Å². The molecule has 0 saturated carbocycles. The SMILES string of the molecule is CC1CCN(C(=O)[C@H]2Sc3ccc(S(=O)(=O)Nc4ccc(Cl)cc4)cc3NC2=O)CC1. The Morgan fingerprint density at radius 2 is 1.84 bits per heavy atom. The number of benzene rings is 2. The van der Waals surface area contributed by atoms with Crippen molar-refractivity contribution in [2.75, 3.05) is 23.1 Å². The first-order valence-corrected chi connectivity index (χ1v) is 12.7. The van der Waals surface area contributed by atoms with Crippen LogP contribution in [-0.4, -0.2) is 43.5 Å². The molecule has 2 heterocycles. The average Bonchev–Trinajstić information content (AvgIpc) is 2.74. The van der Waals surface area contributed by atoms with E-state index in [0.29, 0.717) is 40.3 Å². The van der Waals surface area contributed by atoms with Crippen LogP contribution in [0.1, 0.15) is 19.8 Å². The van der Waals surface area contributed by atoms with Gasteiger partial charge >= 0.3 is 0 Å². The van der Waals surface area contributed by atoms with Gasteiger partial charge in [-0.3, -0.25) is 14.3 Å². The fourth-order valence-electron chi connectivity index (χ4n) is 3.54. The Balaban J connectivity index is 1.51. The molecule has 2 aliphatic heterocycles. The van der Waals surface area contributed by atoms with Crippen molar-refractivity contribution in [3.8, 4) is 0 Å². The summed E-state index contributed by atoms with van der Waals surface area (Å²) in [6.45, 7) is 3.48. The molecule has 0 unspecified atom stereocenters. The normalized spacial score (nSPS) is 19.5. The van der Waals surface area contributed by atoms with E-state index in [0.717, 1.165) is 24.6 Å². The van der Waals surface area contributed by atoms with Crippen molar-refractivity contribution in [1.29, 1.82) is 0 Å². The van der Waals surface area contributed by atoms with Gasteiger partial charge in [0.25, 0.3) is 10.0 Å². The zero-order valence-electron chi connectivity index (χ0n) is 16.8. The molecule has 2 aromatic rings. The van der Waals surface area contributed by atoms with Gasteiger partial charge in [-0.15, -0.1) is 11.8 Å². The van der Waals surface area contributed by atoms with Crippen molar-refractivity contribution in [2.45, 2.75) is 34.8 Å². The van der Waals surface area contributed by atoms with E-state index in [1.54, 1.807) is 35.2 Å². The molecule has 10 heteroatoms. The number of carbonyl (C=O) groups is 2. The molecule has 2 amide bonds. The summed E-state index contributed by atoms with van der Waals surface area (Å²) in [5.74, 6) is -0.0399. The van der Waals surface area contributed by atoms with Crippen LogP contribution in [-0.2, 0) is 19.6 Å². The molecule has 0 spiro atoms. The predicted molar refractivity (Wildman–Crippen MR) is 122 cm³/mol. The second kappa shape index (κ2) is 8.72. The number of hydrogen-bond acceptors (Lipinski definition) is 5. The summed E-state index contributed by atoms with van der Waals surface area (Å²) in [6, 6.07) is 10.8. The molecule has 0 aromatic heterocycles. The third-order valence-electron chi connectivity index (χ3n) is 5.42. The maximum absolute atomic E-state index is 12.9. The monoisotopic (exact) mass is 479 g/mol. The number of amides is 2. The first kappa shape index (κ1) is 22.0. The number of likely N-dealkylation sites (tertiary alicyclic amines) is 1.